The molecule has 0 atom stereocenters. The molecule has 1 heterocycles. The SMILES string of the molecule is CCc1c(C)sc(NC(=O)CCc2ccccc2)c1C(=O)OC(C)C. The summed E-state index contributed by atoms with van der Waals surface area (Å²) in [6.07, 6.45) is 1.58. The molecule has 1 aromatic carbocycles. The molecule has 0 saturated heterocycles. The minimum atomic E-state index is -0.366. The average molecular weight is 359 g/mol. The van der Waals surface area contributed by atoms with Crippen LogP contribution in [-0.4, -0.2) is 18.0 Å². The quantitative estimate of drug-likeness (QED) is 0.726. The Labute approximate surface area is 153 Å². The van der Waals surface area contributed by atoms with Crippen molar-refractivity contribution in [3.8, 4) is 0 Å². The molecule has 0 radical (unpaired) electrons. The molecule has 134 valence electrons. The second kappa shape index (κ2) is 8.81. The molecule has 5 heteroatoms. The third kappa shape index (κ3) is 5.16. The summed E-state index contributed by atoms with van der Waals surface area (Å²) in [5.41, 5.74) is 2.58. The summed E-state index contributed by atoms with van der Waals surface area (Å²) < 4.78 is 5.36. The molecule has 0 unspecified atom stereocenters. The van der Waals surface area contributed by atoms with Crippen molar-refractivity contribution in [1.82, 2.24) is 0 Å². The predicted molar refractivity (Wildman–Crippen MR) is 102 cm³/mol. The second-order valence-corrected chi connectivity index (χ2v) is 7.41. The summed E-state index contributed by atoms with van der Waals surface area (Å²) in [5, 5.41) is 3.50. The number of carbonyl (C=O) groups is 2. The number of amides is 1. The molecular formula is C20H25NO3S. The van der Waals surface area contributed by atoms with Gasteiger partial charge in [-0.3, -0.25) is 4.79 Å². The Morgan fingerprint density at radius 2 is 1.88 bits per heavy atom. The van der Waals surface area contributed by atoms with Gasteiger partial charge in [-0.25, -0.2) is 4.79 Å². The van der Waals surface area contributed by atoms with Gasteiger partial charge >= 0.3 is 5.97 Å². The first-order valence-corrected chi connectivity index (χ1v) is 9.41. The molecule has 4 nitrogen and oxygen atoms in total. The van der Waals surface area contributed by atoms with Crippen molar-refractivity contribution >= 4 is 28.2 Å². The minimum absolute atomic E-state index is 0.0913. The van der Waals surface area contributed by atoms with Crippen LogP contribution < -0.4 is 5.32 Å². The first kappa shape index (κ1) is 19.2. The van der Waals surface area contributed by atoms with Crippen LogP contribution in [-0.2, 0) is 22.4 Å². The fourth-order valence-corrected chi connectivity index (χ4v) is 3.82. The van der Waals surface area contributed by atoms with Gasteiger partial charge in [0.25, 0.3) is 0 Å². The van der Waals surface area contributed by atoms with Crippen molar-refractivity contribution < 1.29 is 14.3 Å². The number of nitrogens with one attached hydrogen (secondary N) is 1. The zero-order chi connectivity index (χ0) is 18.4. The molecule has 1 aromatic heterocycles. The molecule has 0 spiro atoms. The van der Waals surface area contributed by atoms with Crippen LogP contribution in [0.25, 0.3) is 0 Å². The monoisotopic (exact) mass is 359 g/mol. The van der Waals surface area contributed by atoms with E-state index in [1.54, 1.807) is 0 Å². The molecule has 0 aliphatic carbocycles. The van der Waals surface area contributed by atoms with Crippen molar-refractivity contribution in [3.63, 3.8) is 0 Å². The number of hydrogen-bond acceptors (Lipinski definition) is 4. The lowest BCUT2D eigenvalue weighted by molar-refractivity contribution is -0.116. The Balaban J connectivity index is 2.12. The van der Waals surface area contributed by atoms with Crippen molar-refractivity contribution in [2.45, 2.75) is 53.1 Å². The van der Waals surface area contributed by atoms with E-state index in [0.717, 1.165) is 22.4 Å². The summed E-state index contributed by atoms with van der Waals surface area (Å²) in [6, 6.07) is 9.89. The molecule has 0 aliphatic rings. The minimum Gasteiger partial charge on any atom is -0.459 e. The van der Waals surface area contributed by atoms with E-state index in [9.17, 15) is 9.59 Å². The molecule has 1 N–H and O–H groups in total. The summed E-state index contributed by atoms with van der Waals surface area (Å²) in [6.45, 7) is 7.61. The van der Waals surface area contributed by atoms with Crippen molar-refractivity contribution in [2.24, 2.45) is 0 Å². The Bertz CT molecular complexity index is 735. The van der Waals surface area contributed by atoms with Gasteiger partial charge in [0.2, 0.25) is 5.91 Å². The molecule has 0 aliphatic heterocycles. The zero-order valence-electron chi connectivity index (χ0n) is 15.2. The number of anilines is 1. The second-order valence-electron chi connectivity index (χ2n) is 6.18. The van der Waals surface area contributed by atoms with E-state index in [2.05, 4.69) is 5.32 Å². The zero-order valence-corrected chi connectivity index (χ0v) is 16.0. The lowest BCUT2D eigenvalue weighted by Gasteiger charge is -2.11. The number of hydrogen-bond donors (Lipinski definition) is 1. The van der Waals surface area contributed by atoms with E-state index in [1.165, 1.54) is 11.3 Å². The number of carbonyl (C=O) groups excluding carboxylic acids is 2. The van der Waals surface area contributed by atoms with Crippen LogP contribution in [0.4, 0.5) is 5.00 Å². The van der Waals surface area contributed by atoms with Crippen LogP contribution in [0.5, 0.6) is 0 Å². The summed E-state index contributed by atoms with van der Waals surface area (Å²) in [7, 11) is 0. The Hall–Kier alpha value is -2.14. The molecule has 0 bridgehead atoms. The highest BCUT2D eigenvalue weighted by molar-refractivity contribution is 7.16. The number of rotatable bonds is 7. The van der Waals surface area contributed by atoms with Gasteiger partial charge in [-0.15, -0.1) is 11.3 Å². The first-order valence-electron chi connectivity index (χ1n) is 8.59. The van der Waals surface area contributed by atoms with Crippen molar-refractivity contribution in [1.29, 1.82) is 0 Å². The van der Waals surface area contributed by atoms with Gasteiger partial charge in [-0.05, 0) is 44.7 Å². The molecule has 0 saturated carbocycles. The Kier molecular flexibility index (Phi) is 6.76. The largest absolute Gasteiger partial charge is 0.459 e. The highest BCUT2D eigenvalue weighted by Crippen LogP contribution is 2.34. The fraction of sp³-hybridized carbons (Fsp3) is 0.400. The van der Waals surface area contributed by atoms with Crippen LogP contribution in [0.3, 0.4) is 0 Å². The highest BCUT2D eigenvalue weighted by Gasteiger charge is 2.24. The fourth-order valence-electron chi connectivity index (χ4n) is 2.67. The topological polar surface area (TPSA) is 55.4 Å². The predicted octanol–water partition coefficient (Wildman–Crippen LogP) is 4.76. The lowest BCUT2D eigenvalue weighted by Crippen LogP contribution is -2.17. The standard InChI is InChI=1S/C20H25NO3S/c1-5-16-14(4)25-19(18(16)20(23)24-13(2)3)21-17(22)12-11-15-9-7-6-8-10-15/h6-10,13H,5,11-12H2,1-4H3,(H,21,22). The molecule has 0 fully saturated rings. The average Bonchev–Trinajstić information content (AvgIpc) is 2.88. The maximum Gasteiger partial charge on any atom is 0.341 e. The molecule has 25 heavy (non-hydrogen) atoms. The van der Waals surface area contributed by atoms with Gasteiger partial charge in [-0.2, -0.15) is 0 Å². The highest BCUT2D eigenvalue weighted by atomic mass is 32.1. The molecule has 2 rings (SSSR count). The van der Waals surface area contributed by atoms with Gasteiger partial charge in [0, 0.05) is 11.3 Å². The Morgan fingerprint density at radius 3 is 2.48 bits per heavy atom. The van der Waals surface area contributed by atoms with E-state index in [-0.39, 0.29) is 18.0 Å². The third-order valence-electron chi connectivity index (χ3n) is 3.85. The number of benzene rings is 1. The van der Waals surface area contributed by atoms with Gasteiger partial charge in [0.15, 0.2) is 0 Å². The third-order valence-corrected chi connectivity index (χ3v) is 4.91. The summed E-state index contributed by atoms with van der Waals surface area (Å²) in [4.78, 5) is 25.8. The van der Waals surface area contributed by atoms with Gasteiger partial charge in [-0.1, -0.05) is 37.3 Å². The van der Waals surface area contributed by atoms with E-state index < -0.39 is 0 Å². The lowest BCUT2D eigenvalue weighted by atomic mass is 10.1. The smallest absolute Gasteiger partial charge is 0.341 e. The van der Waals surface area contributed by atoms with Gasteiger partial charge in [0.05, 0.1) is 11.7 Å². The molecular weight excluding hydrogens is 334 g/mol. The van der Waals surface area contributed by atoms with Gasteiger partial charge < -0.3 is 10.1 Å². The number of esters is 1. The molecule has 2 aromatic rings. The maximum atomic E-state index is 12.5. The van der Waals surface area contributed by atoms with Crippen LogP contribution >= 0.6 is 11.3 Å². The number of thiophene rings is 1. The Morgan fingerprint density at radius 1 is 1.20 bits per heavy atom. The van der Waals surface area contributed by atoms with Gasteiger partial charge in [0.1, 0.15) is 5.00 Å². The van der Waals surface area contributed by atoms with E-state index in [4.69, 9.17) is 4.74 Å². The van der Waals surface area contributed by atoms with Crippen LogP contribution in [0, 0.1) is 6.92 Å². The maximum absolute atomic E-state index is 12.5. The summed E-state index contributed by atoms with van der Waals surface area (Å²) in [5.74, 6) is -0.457. The summed E-state index contributed by atoms with van der Waals surface area (Å²) >= 11 is 1.44. The normalized spacial score (nSPS) is 10.8. The first-order chi connectivity index (χ1) is 11.9. The van der Waals surface area contributed by atoms with Crippen LogP contribution in [0.1, 0.15) is 53.6 Å². The van der Waals surface area contributed by atoms with Crippen LogP contribution in [0.2, 0.25) is 0 Å². The van der Waals surface area contributed by atoms with E-state index >= 15 is 0 Å². The van der Waals surface area contributed by atoms with Crippen molar-refractivity contribution in [2.75, 3.05) is 5.32 Å². The van der Waals surface area contributed by atoms with E-state index in [0.29, 0.717) is 23.4 Å². The van der Waals surface area contributed by atoms with Crippen molar-refractivity contribution in [3.05, 3.63) is 51.9 Å². The number of ether oxygens (including phenoxy) is 1. The molecule has 1 amide bonds. The van der Waals surface area contributed by atoms with Crippen LogP contribution in [0.15, 0.2) is 30.3 Å². The van der Waals surface area contributed by atoms with E-state index in [1.807, 2.05) is 58.0 Å². The number of aryl methyl sites for hydroxylation is 2.